The molecule has 0 aliphatic carbocycles. The number of rotatable bonds is 3. The first kappa shape index (κ1) is 16.4. The number of hydrogen-bond donors (Lipinski definition) is 1. The Labute approximate surface area is 152 Å². The van der Waals surface area contributed by atoms with Gasteiger partial charge in [-0.2, -0.15) is 0 Å². The van der Waals surface area contributed by atoms with Gasteiger partial charge in [-0.1, -0.05) is 25.1 Å². The van der Waals surface area contributed by atoms with E-state index in [0.717, 1.165) is 28.3 Å². The lowest BCUT2D eigenvalue weighted by atomic mass is 10.0. The molecule has 0 spiro atoms. The van der Waals surface area contributed by atoms with Gasteiger partial charge in [-0.15, -0.1) is 0 Å². The minimum Gasteiger partial charge on any atom is -0.497 e. The van der Waals surface area contributed by atoms with E-state index < -0.39 is 0 Å². The lowest BCUT2D eigenvalue weighted by Crippen LogP contribution is -2.39. The average molecular weight is 350 g/mol. The number of anilines is 1. The first-order chi connectivity index (χ1) is 12.6. The molecule has 6 heteroatoms. The van der Waals surface area contributed by atoms with Gasteiger partial charge in [0.25, 0.3) is 0 Å². The molecule has 6 nitrogen and oxygen atoms in total. The van der Waals surface area contributed by atoms with E-state index in [-0.39, 0.29) is 6.03 Å². The SMILES string of the molecule is COc1ccc2c(c1)nc(CNC(=O)N1CC(C)c3ccccc31)n2C. The Balaban J connectivity index is 1.52. The number of carbonyl (C=O) groups excluding carboxylic acids is 1. The van der Waals surface area contributed by atoms with Crippen molar-refractivity contribution in [3.63, 3.8) is 0 Å². The van der Waals surface area contributed by atoms with E-state index in [0.29, 0.717) is 19.0 Å². The zero-order valence-corrected chi connectivity index (χ0v) is 15.2. The van der Waals surface area contributed by atoms with Gasteiger partial charge in [0.2, 0.25) is 0 Å². The fourth-order valence-electron chi connectivity index (χ4n) is 3.58. The van der Waals surface area contributed by atoms with E-state index in [1.54, 1.807) is 7.11 Å². The maximum atomic E-state index is 12.7. The van der Waals surface area contributed by atoms with Crippen molar-refractivity contribution in [3.8, 4) is 5.75 Å². The molecule has 1 N–H and O–H groups in total. The zero-order chi connectivity index (χ0) is 18.3. The number of ether oxygens (including phenoxy) is 1. The maximum absolute atomic E-state index is 12.7. The van der Waals surface area contributed by atoms with Gasteiger partial charge in [-0.25, -0.2) is 9.78 Å². The van der Waals surface area contributed by atoms with Gasteiger partial charge in [0.05, 0.1) is 24.7 Å². The predicted molar refractivity (Wildman–Crippen MR) is 102 cm³/mol. The van der Waals surface area contributed by atoms with Crippen molar-refractivity contribution < 1.29 is 9.53 Å². The van der Waals surface area contributed by atoms with E-state index in [9.17, 15) is 4.79 Å². The molecule has 0 fully saturated rings. The molecule has 1 aliphatic heterocycles. The second kappa shape index (κ2) is 6.37. The fraction of sp³-hybridized carbons (Fsp3) is 0.300. The average Bonchev–Trinajstić information content (AvgIpc) is 3.17. The van der Waals surface area contributed by atoms with Gasteiger partial charge in [-0.05, 0) is 23.8 Å². The monoisotopic (exact) mass is 350 g/mol. The van der Waals surface area contributed by atoms with Gasteiger partial charge < -0.3 is 14.6 Å². The van der Waals surface area contributed by atoms with E-state index in [1.165, 1.54) is 5.56 Å². The largest absolute Gasteiger partial charge is 0.497 e. The first-order valence-corrected chi connectivity index (χ1v) is 8.72. The van der Waals surface area contributed by atoms with Crippen LogP contribution in [0.25, 0.3) is 11.0 Å². The van der Waals surface area contributed by atoms with Gasteiger partial charge in [0.15, 0.2) is 0 Å². The Hall–Kier alpha value is -3.02. The summed E-state index contributed by atoms with van der Waals surface area (Å²) in [4.78, 5) is 19.2. The summed E-state index contributed by atoms with van der Waals surface area (Å²) in [6.07, 6.45) is 0. The number of urea groups is 1. The van der Waals surface area contributed by atoms with Crippen molar-refractivity contribution in [2.45, 2.75) is 19.4 Å². The van der Waals surface area contributed by atoms with E-state index in [2.05, 4.69) is 23.3 Å². The Morgan fingerprint density at radius 3 is 2.92 bits per heavy atom. The molecule has 1 aromatic heterocycles. The number of methoxy groups -OCH3 is 1. The molecular formula is C20H22N4O2. The molecule has 26 heavy (non-hydrogen) atoms. The molecule has 4 rings (SSSR count). The lowest BCUT2D eigenvalue weighted by molar-refractivity contribution is 0.246. The van der Waals surface area contributed by atoms with Crippen molar-refractivity contribution in [1.29, 1.82) is 0 Å². The lowest BCUT2D eigenvalue weighted by Gasteiger charge is -2.18. The maximum Gasteiger partial charge on any atom is 0.322 e. The van der Waals surface area contributed by atoms with Crippen LogP contribution < -0.4 is 15.0 Å². The summed E-state index contributed by atoms with van der Waals surface area (Å²) in [7, 11) is 3.59. The van der Waals surface area contributed by atoms with Crippen LogP contribution in [0.4, 0.5) is 10.5 Å². The molecule has 2 heterocycles. The van der Waals surface area contributed by atoms with Crippen LogP contribution in [0.2, 0.25) is 0 Å². The third-order valence-electron chi connectivity index (χ3n) is 5.04. The topological polar surface area (TPSA) is 59.4 Å². The number of amides is 2. The van der Waals surface area contributed by atoms with Crippen molar-refractivity contribution >= 4 is 22.8 Å². The molecule has 0 bridgehead atoms. The molecule has 1 unspecified atom stereocenters. The van der Waals surface area contributed by atoms with Gasteiger partial charge in [-0.3, -0.25) is 4.90 Å². The molecular weight excluding hydrogens is 328 g/mol. The summed E-state index contributed by atoms with van der Waals surface area (Å²) in [6, 6.07) is 13.8. The van der Waals surface area contributed by atoms with Crippen molar-refractivity contribution in [1.82, 2.24) is 14.9 Å². The number of fused-ring (bicyclic) bond motifs is 2. The van der Waals surface area contributed by atoms with Crippen LogP contribution in [0.5, 0.6) is 5.75 Å². The van der Waals surface area contributed by atoms with Gasteiger partial charge in [0, 0.05) is 31.3 Å². The third-order valence-corrected chi connectivity index (χ3v) is 5.04. The van der Waals surface area contributed by atoms with Crippen LogP contribution >= 0.6 is 0 Å². The Morgan fingerprint density at radius 2 is 2.12 bits per heavy atom. The van der Waals surface area contributed by atoms with E-state index in [1.807, 2.05) is 52.9 Å². The number of aromatic nitrogens is 2. The van der Waals surface area contributed by atoms with Crippen LogP contribution in [-0.2, 0) is 13.6 Å². The molecule has 1 atom stereocenters. The molecule has 0 saturated carbocycles. The second-order valence-electron chi connectivity index (χ2n) is 6.67. The summed E-state index contributed by atoms with van der Waals surface area (Å²) in [5.74, 6) is 1.93. The van der Waals surface area contributed by atoms with E-state index >= 15 is 0 Å². The molecule has 2 amide bonds. The predicted octanol–water partition coefficient (Wildman–Crippen LogP) is 3.42. The highest BCUT2D eigenvalue weighted by atomic mass is 16.5. The fourth-order valence-corrected chi connectivity index (χ4v) is 3.58. The number of carbonyl (C=O) groups is 1. The molecule has 3 aromatic rings. The number of nitrogens with zero attached hydrogens (tertiary/aromatic N) is 3. The summed E-state index contributed by atoms with van der Waals surface area (Å²) in [5.41, 5.74) is 4.08. The molecule has 134 valence electrons. The Bertz CT molecular complexity index is 979. The number of hydrogen-bond acceptors (Lipinski definition) is 3. The molecule has 2 aromatic carbocycles. The minimum atomic E-state index is -0.0913. The minimum absolute atomic E-state index is 0.0913. The second-order valence-corrected chi connectivity index (χ2v) is 6.67. The molecule has 0 radical (unpaired) electrons. The van der Waals surface area contributed by atoms with Crippen molar-refractivity contribution in [3.05, 3.63) is 53.9 Å². The van der Waals surface area contributed by atoms with Crippen LogP contribution in [-0.4, -0.2) is 29.2 Å². The summed E-state index contributed by atoms with van der Waals surface area (Å²) in [6.45, 7) is 3.22. The normalized spacial score (nSPS) is 16.0. The highest BCUT2D eigenvalue weighted by Crippen LogP contribution is 2.35. The third kappa shape index (κ3) is 2.67. The summed E-state index contributed by atoms with van der Waals surface area (Å²) < 4.78 is 7.25. The van der Waals surface area contributed by atoms with E-state index in [4.69, 9.17) is 4.74 Å². The number of para-hydroxylation sites is 1. The standard InChI is InChI=1S/C20H22N4O2/c1-13-12-24(17-7-5-4-6-15(13)17)20(25)21-11-19-22-16-10-14(26-3)8-9-18(16)23(19)2/h4-10,13H,11-12H2,1-3H3,(H,21,25). The number of nitrogens with one attached hydrogen (secondary N) is 1. The molecule has 0 saturated heterocycles. The Morgan fingerprint density at radius 1 is 1.31 bits per heavy atom. The van der Waals surface area contributed by atoms with Crippen LogP contribution in [0.1, 0.15) is 24.2 Å². The molecule has 1 aliphatic rings. The van der Waals surface area contributed by atoms with Crippen LogP contribution in [0.3, 0.4) is 0 Å². The zero-order valence-electron chi connectivity index (χ0n) is 15.2. The van der Waals surface area contributed by atoms with Gasteiger partial charge in [0.1, 0.15) is 11.6 Å². The summed E-state index contributed by atoms with van der Waals surface area (Å²) in [5, 5.41) is 3.01. The van der Waals surface area contributed by atoms with Crippen molar-refractivity contribution in [2.24, 2.45) is 7.05 Å². The number of imidazole rings is 1. The van der Waals surface area contributed by atoms with Crippen LogP contribution in [0.15, 0.2) is 42.5 Å². The highest BCUT2D eigenvalue weighted by molar-refractivity contribution is 5.94. The van der Waals surface area contributed by atoms with Crippen molar-refractivity contribution in [2.75, 3.05) is 18.6 Å². The smallest absolute Gasteiger partial charge is 0.322 e. The summed E-state index contributed by atoms with van der Waals surface area (Å²) >= 11 is 0. The number of benzene rings is 2. The first-order valence-electron chi connectivity index (χ1n) is 8.72. The van der Waals surface area contributed by atoms with Gasteiger partial charge >= 0.3 is 6.03 Å². The quantitative estimate of drug-likeness (QED) is 0.787. The highest BCUT2D eigenvalue weighted by Gasteiger charge is 2.29. The Kier molecular flexibility index (Phi) is 4.03. The number of aryl methyl sites for hydroxylation is 1. The van der Waals surface area contributed by atoms with Crippen LogP contribution in [0, 0.1) is 0 Å².